The van der Waals surface area contributed by atoms with Crippen molar-refractivity contribution in [3.63, 3.8) is 0 Å². The number of esters is 1. The lowest BCUT2D eigenvalue weighted by molar-refractivity contribution is -0.355. The van der Waals surface area contributed by atoms with E-state index in [0.717, 1.165) is 255 Å². The number of rotatable bonds is 35. The van der Waals surface area contributed by atoms with Crippen LogP contribution in [0.5, 0.6) is 0 Å². The molecule has 139 heavy (non-hydrogen) atoms. The van der Waals surface area contributed by atoms with Crippen LogP contribution in [0.3, 0.4) is 0 Å². The van der Waals surface area contributed by atoms with Crippen LogP contribution in [0, 0.1) is 0 Å². The van der Waals surface area contributed by atoms with Crippen LogP contribution in [0.1, 0.15) is 253 Å². The van der Waals surface area contributed by atoms with Crippen LogP contribution in [0.4, 0.5) is 0 Å². The smallest absolute Gasteiger partial charge is 0.335 e. The number of fused-ring (bicyclic) bond motifs is 4. The second-order valence-electron chi connectivity index (χ2n) is 35.6. The van der Waals surface area contributed by atoms with E-state index in [4.69, 9.17) is 62.0 Å². The average Bonchev–Trinajstić information content (AvgIpc) is 1.76. The van der Waals surface area contributed by atoms with Gasteiger partial charge in [0, 0.05) is 121 Å². The third-order valence-electron chi connectivity index (χ3n) is 24.6. The summed E-state index contributed by atoms with van der Waals surface area (Å²) in [5, 5.41) is 3.17. The Morgan fingerprint density at radius 3 is 1.20 bits per heavy atom. The van der Waals surface area contributed by atoms with Crippen LogP contribution >= 0.6 is 59.4 Å². The third-order valence-corrected chi connectivity index (χ3v) is 26.9. The summed E-state index contributed by atoms with van der Waals surface area (Å²) in [6, 6.07) is 54.6. The van der Waals surface area contributed by atoms with E-state index in [9.17, 15) is 33.6 Å². The lowest BCUT2D eigenvalue weighted by Gasteiger charge is -2.33. The summed E-state index contributed by atoms with van der Waals surface area (Å²) in [6.07, 6.45) is 19.8. The van der Waals surface area contributed by atoms with E-state index in [-0.39, 0.29) is 51.0 Å². The van der Waals surface area contributed by atoms with E-state index >= 15 is 0 Å². The van der Waals surface area contributed by atoms with Gasteiger partial charge in [-0.05, 0) is 260 Å². The molecular formula is C109H147Br3ClN15O11. The highest BCUT2D eigenvalue weighted by Crippen LogP contribution is 2.32. The molecule has 4 heterocycles. The van der Waals surface area contributed by atoms with Gasteiger partial charge in [0.25, 0.3) is 39.4 Å². The highest BCUT2D eigenvalue weighted by Gasteiger charge is 2.34. The predicted molar refractivity (Wildman–Crippen MR) is 569 cm³/mol. The van der Waals surface area contributed by atoms with Gasteiger partial charge in [-0.1, -0.05) is 204 Å². The van der Waals surface area contributed by atoms with Gasteiger partial charge in [0.1, 0.15) is 23.3 Å². The first-order valence-electron chi connectivity index (χ1n) is 48.9. The molecule has 30 heteroatoms. The molecule has 752 valence electrons. The molecule has 6 aromatic carbocycles. The van der Waals surface area contributed by atoms with Crippen LogP contribution in [-0.4, -0.2) is 190 Å². The average molecular weight is 2120 g/mol. The zero-order valence-corrected chi connectivity index (χ0v) is 89.8. The number of hydrogen-bond acceptors (Lipinski definition) is 21. The highest BCUT2D eigenvalue weighted by molar-refractivity contribution is 9.10. The molecule has 0 fully saturated rings. The Morgan fingerprint density at radius 2 is 0.849 bits per heavy atom. The zero-order valence-electron chi connectivity index (χ0n) is 84.3. The van der Waals surface area contributed by atoms with Gasteiger partial charge in [0.2, 0.25) is 0 Å². The number of hydrogen-bond donors (Lipinski definition) is 3. The number of carbonyl (C=O) groups is 3. The SMILES string of the molecule is CCC(Br)c1nc2c(c(=O)n1Cc1ccccc1)CCC2.CCC(NCCN(C)C)c1nc2c(c(=O)n1Cc1ccccc1)CCC2.CCC(c1nc2c(c(=O)n1Cc1ccccc1)CCC2)N(CCN(C)C)C(=O)c1ccc(Br)cc1.CCCC(OC)(OC)OC.CCCc1nc2c(c(=O)n1Cc1ccccc1)CCC2.CCOC(=O)C1=C(N)CCC1.CN(C)CCN.O=C(Cl)c1ccc(Br)cc1. The molecule has 5 aliphatic rings. The molecule has 5 aliphatic carbocycles. The fourth-order valence-corrected chi connectivity index (χ4v) is 18.1. The summed E-state index contributed by atoms with van der Waals surface area (Å²) in [5.74, 6) is 2.28. The summed E-state index contributed by atoms with van der Waals surface area (Å²) in [7, 11) is 16.9. The van der Waals surface area contributed by atoms with Crippen molar-refractivity contribution >= 4 is 76.5 Å². The zero-order chi connectivity index (χ0) is 101. The minimum absolute atomic E-state index is 0.0356. The molecule has 0 spiro atoms. The van der Waals surface area contributed by atoms with Crippen LogP contribution in [-0.2, 0) is 108 Å². The Hall–Kier alpha value is -9.60. The number of ether oxygens (including phenoxy) is 4. The van der Waals surface area contributed by atoms with Crippen molar-refractivity contribution in [3.8, 4) is 0 Å². The number of nitrogens with two attached hydrogens (primary N) is 2. The molecule has 26 nitrogen and oxygen atoms in total. The second kappa shape index (κ2) is 60.0. The fraction of sp³-hybridized carbons (Fsp3) is 0.477. The molecule has 0 saturated heterocycles. The monoisotopic (exact) mass is 2110 g/mol. The van der Waals surface area contributed by atoms with Crippen molar-refractivity contribution in [2.24, 2.45) is 11.5 Å². The van der Waals surface area contributed by atoms with Crippen LogP contribution in [0.25, 0.3) is 0 Å². The van der Waals surface area contributed by atoms with E-state index in [1.54, 1.807) is 52.5 Å². The van der Waals surface area contributed by atoms with Crippen molar-refractivity contribution < 1.29 is 33.3 Å². The van der Waals surface area contributed by atoms with Crippen molar-refractivity contribution in [2.75, 3.05) is 109 Å². The molecule has 1 amide bonds. The minimum atomic E-state index is -0.825. The molecule has 0 saturated carbocycles. The summed E-state index contributed by atoms with van der Waals surface area (Å²) in [4.78, 5) is 116. The van der Waals surface area contributed by atoms with Gasteiger partial charge in [-0.15, -0.1) is 0 Å². The maximum atomic E-state index is 13.8. The van der Waals surface area contributed by atoms with Gasteiger partial charge in [0.05, 0.1) is 78.0 Å². The number of aromatic nitrogens is 8. The first-order valence-corrected chi connectivity index (χ1v) is 51.8. The van der Waals surface area contributed by atoms with Gasteiger partial charge >= 0.3 is 5.97 Å². The van der Waals surface area contributed by atoms with E-state index in [0.29, 0.717) is 80.5 Å². The van der Waals surface area contributed by atoms with Crippen molar-refractivity contribution in [1.82, 2.24) is 63.1 Å². The van der Waals surface area contributed by atoms with Crippen molar-refractivity contribution in [3.05, 3.63) is 333 Å². The number of likely N-dealkylation sites (N-methyl/N-ethyl adjacent to an activating group) is 3. The molecule has 15 rings (SSSR count). The Labute approximate surface area is 852 Å². The van der Waals surface area contributed by atoms with Gasteiger partial charge in [0.15, 0.2) is 0 Å². The number of halogens is 4. The standard InChI is InChI=1S/C28H33BrN4O2.C21H30N4O.C17H19BrN2O.C17H20N2O.C8H13NO2.C7H4BrClO.C7H16O3.C4H12N2/c1-4-25(32(18-17-31(2)3)27(34)21-13-15-22(29)16-14-21)26-30-24-12-8-11-23(24)28(35)33(26)19-20-9-6-5-7-10-20;1-4-18(22-13-14-24(2)3)20-23-19-12-8-11-17(19)21(26)25(20)15-16-9-6-5-7-10-16;1-2-14(18)16-19-15-10-6-9-13(15)17(21)20(16)11-12-7-4-3-5-8-12;1-2-7-16-18-15-11-6-10-14(15)17(20)19(16)12-13-8-4-3-5-9-13;1-2-11-8(10)6-4-3-5-7(6)9;8-6-3-1-5(2-4-6)7(9)10;1-5-6-7(8-2,9-3)10-4;1-6(2)4-3-5/h5-7,9-10,13-16,25H,4,8,11-12,17-19H2,1-3H3;5-7,9-10,18,22H,4,8,11-15H2,1-3H3;3-5,7-8,14H,2,6,9-11H2,1H3;3-5,8-9H,2,6-7,10-12H2,1H3;2-5,9H2,1H3;1-4H;5-6H2,1-4H3;3-5H2,1-2H3. The lowest BCUT2D eigenvalue weighted by Crippen LogP contribution is -2.42. The Kier molecular flexibility index (Phi) is 49.5. The summed E-state index contributed by atoms with van der Waals surface area (Å²) in [5.41, 5.74) is 25.9. The molecule has 0 aliphatic heterocycles. The number of carbonyl (C=O) groups excluding carboxylic acids is 3. The first-order chi connectivity index (χ1) is 66.9. The summed E-state index contributed by atoms with van der Waals surface area (Å²) >= 11 is 15.6. The molecule has 3 atom stereocenters. The summed E-state index contributed by atoms with van der Waals surface area (Å²) < 4.78 is 29.2. The molecule has 0 radical (unpaired) electrons. The van der Waals surface area contributed by atoms with E-state index in [1.807, 2.05) is 167 Å². The van der Waals surface area contributed by atoms with Crippen LogP contribution in [0.2, 0.25) is 0 Å². The second-order valence-corrected chi connectivity index (χ2v) is 38.9. The number of nitrogens with one attached hydrogen (secondary N) is 1. The third kappa shape index (κ3) is 34.6. The molecule has 0 bridgehead atoms. The lowest BCUT2D eigenvalue weighted by atomic mass is 10.1. The highest BCUT2D eigenvalue weighted by atomic mass is 79.9. The number of methoxy groups -OCH3 is 3. The van der Waals surface area contributed by atoms with Crippen LogP contribution in [0.15, 0.2) is 209 Å². The Morgan fingerprint density at radius 1 is 0.460 bits per heavy atom. The van der Waals surface area contributed by atoms with E-state index in [2.05, 4.69) is 146 Å². The van der Waals surface area contributed by atoms with E-state index < -0.39 is 11.2 Å². The van der Waals surface area contributed by atoms with Gasteiger partial charge in [-0.2, -0.15) is 0 Å². The van der Waals surface area contributed by atoms with Crippen molar-refractivity contribution in [1.29, 1.82) is 0 Å². The quantitative estimate of drug-likeness (QED) is 0.0144. The maximum Gasteiger partial charge on any atom is 0.335 e. The number of nitrogens with zero attached hydrogens (tertiary/aromatic N) is 12. The van der Waals surface area contributed by atoms with E-state index in [1.165, 1.54) is 0 Å². The molecule has 4 aromatic heterocycles. The van der Waals surface area contributed by atoms with Crippen molar-refractivity contribution in [2.45, 2.75) is 232 Å². The fourth-order valence-electron chi connectivity index (χ4n) is 17.1. The number of alkyl halides is 1. The van der Waals surface area contributed by atoms with Crippen LogP contribution < -0.4 is 39.0 Å². The number of aryl methyl sites for hydroxylation is 5. The number of allylic oxidation sites excluding steroid dienone is 1. The summed E-state index contributed by atoms with van der Waals surface area (Å²) in [6.45, 7) is 19.8. The molecule has 5 N–H and O–H groups in total. The maximum absolute atomic E-state index is 13.8. The predicted octanol–water partition coefficient (Wildman–Crippen LogP) is 18.1. The van der Waals surface area contributed by atoms with Gasteiger partial charge in [-0.25, -0.2) is 24.7 Å². The molecular weight excluding hydrogens is 1970 g/mol. The Balaban J connectivity index is 0.000000205. The largest absolute Gasteiger partial charge is 0.463 e. The normalized spacial score (nSPS) is 13.7. The first kappa shape index (κ1) is 115. The number of amides is 1. The minimum Gasteiger partial charge on any atom is -0.463 e. The Bertz CT molecular complexity index is 5760. The number of benzene rings is 6. The molecule has 3 unspecified atom stereocenters. The molecule has 10 aromatic rings. The van der Waals surface area contributed by atoms with Gasteiger partial charge in [-0.3, -0.25) is 47.0 Å². The topological polar surface area (TPSA) is 305 Å². The van der Waals surface area contributed by atoms with Gasteiger partial charge < -0.3 is 55.3 Å².